The molecule has 40 heavy (non-hydrogen) atoms. The lowest BCUT2D eigenvalue weighted by Crippen LogP contribution is -2.75. The Morgan fingerprint density at radius 3 is 1.32 bits per heavy atom. The molecule has 0 spiro atoms. The van der Waals surface area contributed by atoms with Gasteiger partial charge in [-0.05, 0) is 13.0 Å². The lowest BCUT2D eigenvalue weighted by atomic mass is 9.85. The highest BCUT2D eigenvalue weighted by Crippen LogP contribution is 2.66. The van der Waals surface area contributed by atoms with E-state index >= 15 is 0 Å². The minimum atomic E-state index is -9.07. The van der Waals surface area contributed by atoms with E-state index in [9.17, 15) is 93.3 Å². The molecule has 0 saturated carbocycles. The van der Waals surface area contributed by atoms with Crippen molar-refractivity contribution < 1.29 is 98.1 Å². The van der Waals surface area contributed by atoms with E-state index in [1.807, 2.05) is 0 Å². The number of phenols is 1. The number of aromatic hydroxyl groups is 1. The Hall–Kier alpha value is -2.84. The molecule has 0 radical (unpaired) electrons. The number of benzene rings is 1. The van der Waals surface area contributed by atoms with Crippen LogP contribution in [0.1, 0.15) is 22.8 Å². The number of carbonyl (C=O) groups excluding carboxylic acids is 1. The van der Waals surface area contributed by atoms with E-state index in [1.165, 1.54) is 0 Å². The SMILES string of the molecule is CCOC(=O)c1c(O)cccc1C(F)(F)C(F)(F)C(F)(F)C(F)(F)C(F)(F)C(F)(F)C(F)(F)C(F)(F)C(F)(F)F. The Balaban J connectivity index is 3.92. The molecule has 0 fully saturated rings. The number of halogens is 19. The minimum absolute atomic E-state index is 0.0379. The highest BCUT2D eigenvalue weighted by atomic mass is 19.4. The zero-order valence-electron chi connectivity index (χ0n) is 18.4. The quantitative estimate of drug-likeness (QED) is 0.212. The second-order valence-corrected chi connectivity index (χ2v) is 7.51. The van der Waals surface area contributed by atoms with Gasteiger partial charge in [0.15, 0.2) is 0 Å². The van der Waals surface area contributed by atoms with Crippen LogP contribution in [0.3, 0.4) is 0 Å². The summed E-state index contributed by atoms with van der Waals surface area (Å²) in [5, 5.41) is 9.47. The number of esters is 1. The molecule has 1 aromatic rings. The number of ether oxygens (including phenoxy) is 1. The average molecular weight is 634 g/mol. The second-order valence-electron chi connectivity index (χ2n) is 7.51. The molecule has 232 valence electrons. The van der Waals surface area contributed by atoms with E-state index in [4.69, 9.17) is 0 Å². The maximum atomic E-state index is 14.5. The number of hydrogen-bond donors (Lipinski definition) is 1. The van der Waals surface area contributed by atoms with Gasteiger partial charge in [-0.3, -0.25) is 0 Å². The third kappa shape index (κ3) is 4.44. The fourth-order valence-electron chi connectivity index (χ4n) is 2.75. The van der Waals surface area contributed by atoms with Crippen LogP contribution >= 0.6 is 0 Å². The van der Waals surface area contributed by atoms with Crippen LogP contribution in [-0.4, -0.2) is 65.3 Å². The number of carbonyl (C=O) groups is 1. The van der Waals surface area contributed by atoms with Crippen molar-refractivity contribution in [3.8, 4) is 5.75 Å². The van der Waals surface area contributed by atoms with Crippen molar-refractivity contribution in [3.05, 3.63) is 29.3 Å². The van der Waals surface area contributed by atoms with Crippen molar-refractivity contribution in [1.29, 1.82) is 0 Å². The van der Waals surface area contributed by atoms with Gasteiger partial charge in [0.05, 0.1) is 6.61 Å². The third-order valence-corrected chi connectivity index (χ3v) is 4.98. The molecule has 0 aliphatic carbocycles. The molecule has 0 saturated heterocycles. The first-order chi connectivity index (χ1) is 17.4. The normalized spacial score (nSPS) is 15.3. The molecule has 0 amide bonds. The molecule has 1 rings (SSSR count). The van der Waals surface area contributed by atoms with Gasteiger partial charge in [-0.15, -0.1) is 0 Å². The number of rotatable bonds is 10. The first kappa shape index (κ1) is 35.2. The average Bonchev–Trinajstić information content (AvgIpc) is 2.77. The van der Waals surface area contributed by atoms with Crippen LogP contribution in [0, 0.1) is 0 Å². The second kappa shape index (κ2) is 9.62. The Bertz CT molecular complexity index is 1110. The number of phenolic OH excluding ortho intramolecular Hbond substituents is 1. The summed E-state index contributed by atoms with van der Waals surface area (Å²) < 4.78 is 260. The molecule has 0 aliphatic rings. The van der Waals surface area contributed by atoms with E-state index in [0.717, 1.165) is 6.92 Å². The van der Waals surface area contributed by atoms with Gasteiger partial charge >= 0.3 is 59.5 Å². The van der Waals surface area contributed by atoms with Gasteiger partial charge in [0, 0.05) is 5.56 Å². The fraction of sp³-hybridized carbons (Fsp3) is 0.611. The highest BCUT2D eigenvalue weighted by molar-refractivity contribution is 5.94. The first-order valence-electron chi connectivity index (χ1n) is 9.46. The van der Waals surface area contributed by atoms with Gasteiger partial charge in [-0.2, -0.15) is 83.4 Å². The minimum Gasteiger partial charge on any atom is -0.507 e. The van der Waals surface area contributed by atoms with Crippen molar-refractivity contribution in [3.63, 3.8) is 0 Å². The van der Waals surface area contributed by atoms with Crippen LogP contribution in [0.25, 0.3) is 0 Å². The molecule has 0 heterocycles. The Kier molecular flexibility index (Phi) is 8.46. The van der Waals surface area contributed by atoms with Gasteiger partial charge in [-0.25, -0.2) is 4.79 Å². The molecule has 22 heteroatoms. The van der Waals surface area contributed by atoms with Crippen LogP contribution in [0.15, 0.2) is 18.2 Å². The third-order valence-electron chi connectivity index (χ3n) is 4.98. The van der Waals surface area contributed by atoms with Crippen molar-refractivity contribution in [2.75, 3.05) is 6.61 Å². The van der Waals surface area contributed by atoms with Crippen LogP contribution in [0.4, 0.5) is 83.4 Å². The van der Waals surface area contributed by atoms with Gasteiger partial charge < -0.3 is 9.84 Å². The maximum Gasteiger partial charge on any atom is 0.460 e. The molecular weight excluding hydrogens is 625 g/mol. The van der Waals surface area contributed by atoms with E-state index in [2.05, 4.69) is 4.74 Å². The molecule has 0 aliphatic heterocycles. The summed E-state index contributed by atoms with van der Waals surface area (Å²) in [5.74, 6) is -72.4. The summed E-state index contributed by atoms with van der Waals surface area (Å²) in [6, 6.07) is -0.260. The van der Waals surface area contributed by atoms with Crippen LogP contribution in [0.2, 0.25) is 0 Å². The predicted molar refractivity (Wildman–Crippen MR) is 88.6 cm³/mol. The molecule has 0 aromatic heterocycles. The smallest absolute Gasteiger partial charge is 0.460 e. The summed E-state index contributed by atoms with van der Waals surface area (Å²) >= 11 is 0. The number of hydrogen-bond acceptors (Lipinski definition) is 3. The van der Waals surface area contributed by atoms with Gasteiger partial charge in [0.1, 0.15) is 11.3 Å². The van der Waals surface area contributed by atoms with Crippen molar-refractivity contribution in [1.82, 2.24) is 0 Å². The van der Waals surface area contributed by atoms with E-state index in [0.29, 0.717) is 0 Å². The van der Waals surface area contributed by atoms with Crippen molar-refractivity contribution >= 4 is 5.97 Å². The number of alkyl halides is 19. The summed E-state index contributed by atoms with van der Waals surface area (Å²) in [7, 11) is 0. The van der Waals surface area contributed by atoms with E-state index in [-0.39, 0.29) is 12.1 Å². The Morgan fingerprint density at radius 2 is 0.975 bits per heavy atom. The molecule has 0 unspecified atom stereocenters. The van der Waals surface area contributed by atoms with Gasteiger partial charge in [-0.1, -0.05) is 12.1 Å². The largest absolute Gasteiger partial charge is 0.507 e. The molecule has 1 aromatic carbocycles. The molecule has 0 bridgehead atoms. The van der Waals surface area contributed by atoms with Crippen molar-refractivity contribution in [2.24, 2.45) is 0 Å². The monoisotopic (exact) mass is 634 g/mol. The Morgan fingerprint density at radius 1 is 0.625 bits per heavy atom. The molecule has 1 N–H and O–H groups in total. The summed E-state index contributed by atoms with van der Waals surface area (Å²) in [5.41, 5.74) is -5.13. The van der Waals surface area contributed by atoms with Crippen LogP contribution in [0.5, 0.6) is 5.75 Å². The molecular formula is C18H9F19O3. The van der Waals surface area contributed by atoms with Crippen LogP contribution in [-0.2, 0) is 10.7 Å². The maximum absolute atomic E-state index is 14.5. The standard InChI is InChI=1S/C18H9F19O3/c1-2-40-9(39)8-6(4-3-5-7(8)38)10(19,20)11(21,22)12(23,24)13(25,26)14(27,28)15(29,30)16(31,32)17(33,34)18(35,36)37/h3-5,38H,2H2,1H3. The highest BCUT2D eigenvalue weighted by Gasteiger charge is 2.96. The topological polar surface area (TPSA) is 46.5 Å². The zero-order valence-corrected chi connectivity index (χ0v) is 18.4. The van der Waals surface area contributed by atoms with Gasteiger partial charge in [0.25, 0.3) is 0 Å². The molecule has 3 nitrogen and oxygen atoms in total. The summed E-state index contributed by atoms with van der Waals surface area (Å²) in [4.78, 5) is 11.7. The fourth-order valence-corrected chi connectivity index (χ4v) is 2.75. The lowest BCUT2D eigenvalue weighted by Gasteiger charge is -2.43. The van der Waals surface area contributed by atoms with E-state index < -0.39 is 89.1 Å². The zero-order chi connectivity index (χ0) is 32.3. The predicted octanol–water partition coefficient (Wildman–Crippen LogP) is 7.67. The van der Waals surface area contributed by atoms with Crippen molar-refractivity contribution in [2.45, 2.75) is 60.5 Å². The van der Waals surface area contributed by atoms with E-state index in [1.54, 1.807) is 0 Å². The summed E-state index contributed by atoms with van der Waals surface area (Å²) in [6.07, 6.45) is -7.97. The Labute approximate surface area is 207 Å². The lowest BCUT2D eigenvalue weighted by molar-refractivity contribution is -0.469. The first-order valence-corrected chi connectivity index (χ1v) is 9.46. The van der Waals surface area contributed by atoms with Gasteiger partial charge in [0.2, 0.25) is 0 Å². The van der Waals surface area contributed by atoms with Crippen LogP contribution < -0.4 is 0 Å². The molecule has 0 atom stereocenters. The summed E-state index contributed by atoms with van der Waals surface area (Å²) in [6.45, 7) is 0.0697.